The molecule has 5 heteroatoms. The first-order valence-corrected chi connectivity index (χ1v) is 7.01. The second kappa shape index (κ2) is 6.36. The lowest BCUT2D eigenvalue weighted by atomic mass is 9.97. The largest absolute Gasteiger partial charge is 0.455 e. The molecule has 0 radical (unpaired) electrons. The van der Waals surface area contributed by atoms with Crippen molar-refractivity contribution >= 4 is 40.2 Å². The molecule has 1 rings (SSSR count). The zero-order valence-electron chi connectivity index (χ0n) is 11.5. The van der Waals surface area contributed by atoms with Crippen LogP contribution in [-0.2, 0) is 14.3 Å². The maximum absolute atomic E-state index is 11.7. The number of nitrogens with one attached hydrogen (secondary N) is 1. The van der Waals surface area contributed by atoms with Gasteiger partial charge in [0.05, 0.1) is 5.41 Å². The van der Waals surface area contributed by atoms with E-state index in [0.717, 1.165) is 14.8 Å². The highest BCUT2D eigenvalue weighted by Crippen LogP contribution is 2.18. The summed E-state index contributed by atoms with van der Waals surface area (Å²) in [5.41, 5.74) is 1.11. The second-order valence-corrected chi connectivity index (χ2v) is 6.58. The van der Waals surface area contributed by atoms with Gasteiger partial charge in [-0.05, 0) is 74.0 Å². The zero-order valence-corrected chi connectivity index (χ0v) is 13.7. The van der Waals surface area contributed by atoms with E-state index in [2.05, 4.69) is 27.9 Å². The van der Waals surface area contributed by atoms with Gasteiger partial charge in [-0.15, -0.1) is 0 Å². The number of ether oxygens (including phenoxy) is 1. The van der Waals surface area contributed by atoms with Gasteiger partial charge in [-0.3, -0.25) is 9.59 Å². The van der Waals surface area contributed by atoms with Crippen LogP contribution < -0.4 is 5.32 Å². The van der Waals surface area contributed by atoms with Crippen molar-refractivity contribution < 1.29 is 14.3 Å². The number of esters is 1. The van der Waals surface area contributed by atoms with E-state index in [1.165, 1.54) is 0 Å². The van der Waals surface area contributed by atoms with E-state index in [9.17, 15) is 9.59 Å². The standard InChI is InChI=1S/C14H18INO3/c1-9-7-10(15)5-6-11(9)16-12(17)8-19-13(18)14(2,3)4/h5-7H,8H2,1-4H3,(H,16,17). The highest BCUT2D eigenvalue weighted by molar-refractivity contribution is 14.1. The van der Waals surface area contributed by atoms with Gasteiger partial charge in [0.2, 0.25) is 0 Å². The van der Waals surface area contributed by atoms with Crippen LogP contribution in [0.25, 0.3) is 0 Å². The number of carbonyl (C=O) groups excluding carboxylic acids is 2. The number of rotatable bonds is 3. The minimum absolute atomic E-state index is 0.262. The molecule has 0 aliphatic rings. The molecule has 1 aromatic carbocycles. The van der Waals surface area contributed by atoms with Crippen LogP contribution >= 0.6 is 22.6 Å². The van der Waals surface area contributed by atoms with Gasteiger partial charge < -0.3 is 10.1 Å². The van der Waals surface area contributed by atoms with E-state index < -0.39 is 5.41 Å². The van der Waals surface area contributed by atoms with Gasteiger partial charge in [-0.1, -0.05) is 0 Å². The van der Waals surface area contributed by atoms with E-state index in [0.29, 0.717) is 0 Å². The Balaban J connectivity index is 2.54. The fraction of sp³-hybridized carbons (Fsp3) is 0.429. The summed E-state index contributed by atoms with van der Waals surface area (Å²) < 4.78 is 6.06. The summed E-state index contributed by atoms with van der Waals surface area (Å²) in [6, 6.07) is 5.71. The molecule has 19 heavy (non-hydrogen) atoms. The van der Waals surface area contributed by atoms with E-state index >= 15 is 0 Å². The molecule has 0 saturated heterocycles. The number of hydrogen-bond acceptors (Lipinski definition) is 3. The maximum atomic E-state index is 11.7. The number of aryl methyl sites for hydroxylation is 1. The van der Waals surface area contributed by atoms with Crippen molar-refractivity contribution in [2.45, 2.75) is 27.7 Å². The van der Waals surface area contributed by atoms with Gasteiger partial charge in [0.25, 0.3) is 5.91 Å². The van der Waals surface area contributed by atoms with Crippen LogP contribution in [0, 0.1) is 15.9 Å². The molecular formula is C14H18INO3. The van der Waals surface area contributed by atoms with Crippen molar-refractivity contribution in [2.24, 2.45) is 5.41 Å². The molecular weight excluding hydrogens is 357 g/mol. The summed E-state index contributed by atoms with van der Waals surface area (Å²) in [4.78, 5) is 23.2. The van der Waals surface area contributed by atoms with Gasteiger partial charge in [-0.2, -0.15) is 0 Å². The fourth-order valence-electron chi connectivity index (χ4n) is 1.30. The summed E-state index contributed by atoms with van der Waals surface area (Å²) in [5, 5.41) is 2.72. The fourth-order valence-corrected chi connectivity index (χ4v) is 1.95. The third-order valence-electron chi connectivity index (χ3n) is 2.41. The molecule has 0 bridgehead atoms. The van der Waals surface area contributed by atoms with Crippen molar-refractivity contribution in [3.63, 3.8) is 0 Å². The predicted molar refractivity (Wildman–Crippen MR) is 82.9 cm³/mol. The van der Waals surface area contributed by atoms with E-state index in [4.69, 9.17) is 4.74 Å². The summed E-state index contributed by atoms with van der Waals surface area (Å²) in [6.45, 7) is 6.89. The normalized spacial score (nSPS) is 11.0. The molecule has 0 spiro atoms. The summed E-state index contributed by atoms with van der Waals surface area (Å²) in [6.07, 6.45) is 0. The summed E-state index contributed by atoms with van der Waals surface area (Å²) >= 11 is 2.21. The Bertz CT molecular complexity index is 492. The Hall–Kier alpha value is -1.11. The molecule has 0 atom stereocenters. The van der Waals surface area contributed by atoms with Gasteiger partial charge in [0.1, 0.15) is 0 Å². The molecule has 0 aliphatic heterocycles. The number of carbonyl (C=O) groups is 2. The Labute approximate surface area is 127 Å². The lowest BCUT2D eigenvalue weighted by Gasteiger charge is -2.16. The average Bonchev–Trinajstić information content (AvgIpc) is 2.28. The number of halogens is 1. The third kappa shape index (κ3) is 5.18. The number of anilines is 1. The quantitative estimate of drug-likeness (QED) is 0.653. The molecule has 1 aromatic rings. The molecule has 4 nitrogen and oxygen atoms in total. The monoisotopic (exact) mass is 375 g/mol. The van der Waals surface area contributed by atoms with Crippen LogP contribution in [0.3, 0.4) is 0 Å². The minimum Gasteiger partial charge on any atom is -0.455 e. The number of hydrogen-bond donors (Lipinski definition) is 1. The lowest BCUT2D eigenvalue weighted by molar-refractivity contribution is -0.155. The van der Waals surface area contributed by atoms with Crippen LogP contribution in [0.4, 0.5) is 5.69 Å². The Morgan fingerprint density at radius 2 is 1.95 bits per heavy atom. The number of benzene rings is 1. The van der Waals surface area contributed by atoms with Crippen molar-refractivity contribution in [3.05, 3.63) is 27.3 Å². The predicted octanol–water partition coefficient (Wildman–Crippen LogP) is 3.13. The van der Waals surface area contributed by atoms with Gasteiger partial charge >= 0.3 is 5.97 Å². The summed E-state index contributed by atoms with van der Waals surface area (Å²) in [5.74, 6) is -0.719. The Morgan fingerprint density at radius 3 is 2.47 bits per heavy atom. The van der Waals surface area contributed by atoms with E-state index in [-0.39, 0.29) is 18.5 Å². The smallest absolute Gasteiger partial charge is 0.311 e. The third-order valence-corrected chi connectivity index (χ3v) is 3.08. The molecule has 0 fully saturated rings. The molecule has 0 unspecified atom stereocenters. The van der Waals surface area contributed by atoms with Crippen LogP contribution in [0.15, 0.2) is 18.2 Å². The maximum Gasteiger partial charge on any atom is 0.311 e. The first kappa shape index (κ1) is 15.9. The van der Waals surface area contributed by atoms with Gasteiger partial charge in [0.15, 0.2) is 6.61 Å². The van der Waals surface area contributed by atoms with Crippen LogP contribution in [0.5, 0.6) is 0 Å². The molecule has 104 valence electrons. The Kier molecular flexibility index (Phi) is 5.34. The van der Waals surface area contributed by atoms with E-state index in [1.54, 1.807) is 20.8 Å². The molecule has 0 heterocycles. The molecule has 0 aromatic heterocycles. The lowest BCUT2D eigenvalue weighted by Crippen LogP contribution is -2.28. The molecule has 1 N–H and O–H groups in total. The van der Waals surface area contributed by atoms with Crippen LogP contribution in [0.1, 0.15) is 26.3 Å². The highest BCUT2D eigenvalue weighted by Gasteiger charge is 2.23. The molecule has 0 saturated carbocycles. The molecule has 0 aliphatic carbocycles. The highest BCUT2D eigenvalue weighted by atomic mass is 127. The first-order valence-electron chi connectivity index (χ1n) is 5.93. The van der Waals surface area contributed by atoms with Crippen molar-refractivity contribution in [1.29, 1.82) is 0 Å². The minimum atomic E-state index is -0.598. The van der Waals surface area contributed by atoms with Crippen LogP contribution in [-0.4, -0.2) is 18.5 Å². The van der Waals surface area contributed by atoms with Crippen LogP contribution in [0.2, 0.25) is 0 Å². The van der Waals surface area contributed by atoms with Crippen molar-refractivity contribution in [2.75, 3.05) is 11.9 Å². The first-order chi connectivity index (χ1) is 8.70. The average molecular weight is 375 g/mol. The Morgan fingerprint density at radius 1 is 1.32 bits per heavy atom. The van der Waals surface area contributed by atoms with Gasteiger partial charge in [0, 0.05) is 9.26 Å². The molecule has 1 amide bonds. The SMILES string of the molecule is Cc1cc(I)ccc1NC(=O)COC(=O)C(C)(C)C. The zero-order chi connectivity index (χ0) is 14.6. The number of amides is 1. The topological polar surface area (TPSA) is 55.4 Å². The van der Waals surface area contributed by atoms with Crippen molar-refractivity contribution in [1.82, 2.24) is 0 Å². The summed E-state index contributed by atoms with van der Waals surface area (Å²) in [7, 11) is 0. The van der Waals surface area contributed by atoms with E-state index in [1.807, 2.05) is 25.1 Å². The van der Waals surface area contributed by atoms with Gasteiger partial charge in [-0.25, -0.2) is 0 Å². The second-order valence-electron chi connectivity index (χ2n) is 5.33. The van der Waals surface area contributed by atoms with Crippen molar-refractivity contribution in [3.8, 4) is 0 Å².